The normalized spacial score (nSPS) is 12.4. The fraction of sp³-hybridized carbons (Fsp3) is 0.100. The third kappa shape index (κ3) is 3.60. The van der Waals surface area contributed by atoms with Gasteiger partial charge < -0.3 is 10.3 Å². The van der Waals surface area contributed by atoms with Crippen LogP contribution in [0.25, 0.3) is 17.0 Å². The lowest BCUT2D eigenvalue weighted by molar-refractivity contribution is -0.117. The van der Waals surface area contributed by atoms with Crippen molar-refractivity contribution in [3.63, 3.8) is 0 Å². The fourth-order valence-corrected chi connectivity index (χ4v) is 2.54. The lowest BCUT2D eigenvalue weighted by Gasteiger charge is -2.12. The van der Waals surface area contributed by atoms with Gasteiger partial charge in [-0.15, -0.1) is 0 Å². The van der Waals surface area contributed by atoms with Gasteiger partial charge in [0.25, 0.3) is 5.56 Å². The maximum atomic E-state index is 12.1. The van der Waals surface area contributed by atoms with E-state index in [1.807, 2.05) is 61.5 Å². The van der Waals surface area contributed by atoms with Gasteiger partial charge in [0.1, 0.15) is 0 Å². The number of hydrogen-bond donors (Lipinski definition) is 2. The van der Waals surface area contributed by atoms with Gasteiger partial charge >= 0.3 is 0 Å². The molecule has 24 heavy (non-hydrogen) atoms. The highest BCUT2D eigenvalue weighted by Crippen LogP contribution is 2.12. The third-order valence-electron chi connectivity index (χ3n) is 3.85. The maximum absolute atomic E-state index is 12.1. The topological polar surface area (TPSA) is 62.0 Å². The number of hydrogen-bond acceptors (Lipinski definition) is 2. The molecular formula is C20H18N2O2. The van der Waals surface area contributed by atoms with Crippen LogP contribution < -0.4 is 10.9 Å². The van der Waals surface area contributed by atoms with E-state index >= 15 is 0 Å². The average molecular weight is 318 g/mol. The zero-order valence-electron chi connectivity index (χ0n) is 13.3. The van der Waals surface area contributed by atoms with Gasteiger partial charge in [-0.3, -0.25) is 9.59 Å². The fourth-order valence-electron chi connectivity index (χ4n) is 2.54. The van der Waals surface area contributed by atoms with Gasteiger partial charge in [-0.2, -0.15) is 0 Å². The molecule has 4 heteroatoms. The van der Waals surface area contributed by atoms with E-state index in [-0.39, 0.29) is 17.5 Å². The first-order valence-electron chi connectivity index (χ1n) is 7.79. The molecule has 2 N–H and O–H groups in total. The van der Waals surface area contributed by atoms with E-state index in [1.165, 1.54) is 6.08 Å². The Hall–Kier alpha value is -3.14. The summed E-state index contributed by atoms with van der Waals surface area (Å²) in [6, 6.07) is 18.9. The first kappa shape index (κ1) is 15.7. The Morgan fingerprint density at radius 1 is 1.08 bits per heavy atom. The van der Waals surface area contributed by atoms with Crippen molar-refractivity contribution in [3.8, 4) is 0 Å². The average Bonchev–Trinajstić information content (AvgIpc) is 2.60. The van der Waals surface area contributed by atoms with E-state index in [2.05, 4.69) is 10.3 Å². The van der Waals surface area contributed by atoms with E-state index in [0.717, 1.165) is 16.5 Å². The van der Waals surface area contributed by atoms with Gasteiger partial charge in [0.2, 0.25) is 5.91 Å². The molecule has 0 saturated heterocycles. The Kier molecular flexibility index (Phi) is 4.57. The number of aromatic nitrogens is 1. The van der Waals surface area contributed by atoms with Crippen molar-refractivity contribution >= 4 is 22.9 Å². The maximum Gasteiger partial charge on any atom is 0.255 e. The summed E-state index contributed by atoms with van der Waals surface area (Å²) >= 11 is 0. The minimum Gasteiger partial charge on any atom is -0.346 e. The minimum absolute atomic E-state index is 0.0989. The minimum atomic E-state index is -0.237. The second kappa shape index (κ2) is 6.96. The second-order valence-corrected chi connectivity index (χ2v) is 5.62. The van der Waals surface area contributed by atoms with Crippen LogP contribution in [0.4, 0.5) is 0 Å². The summed E-state index contributed by atoms with van der Waals surface area (Å²) < 4.78 is 0. The number of pyridine rings is 1. The molecule has 0 aliphatic heterocycles. The molecule has 0 radical (unpaired) electrons. The lowest BCUT2D eigenvalue weighted by atomic mass is 10.1. The molecule has 0 bridgehead atoms. The van der Waals surface area contributed by atoms with Crippen LogP contribution >= 0.6 is 0 Å². The van der Waals surface area contributed by atoms with Crippen molar-refractivity contribution in [2.24, 2.45) is 0 Å². The zero-order valence-corrected chi connectivity index (χ0v) is 13.3. The molecule has 1 unspecified atom stereocenters. The number of rotatable bonds is 4. The number of para-hydroxylation sites is 1. The van der Waals surface area contributed by atoms with Crippen molar-refractivity contribution in [1.82, 2.24) is 10.3 Å². The number of nitrogens with one attached hydrogen (secondary N) is 2. The van der Waals surface area contributed by atoms with Crippen LogP contribution in [0.1, 0.15) is 24.1 Å². The van der Waals surface area contributed by atoms with Gasteiger partial charge in [-0.25, -0.2) is 0 Å². The summed E-state index contributed by atoms with van der Waals surface area (Å²) in [6.45, 7) is 1.92. The molecule has 0 saturated carbocycles. The zero-order chi connectivity index (χ0) is 16.9. The van der Waals surface area contributed by atoms with Crippen LogP contribution in [0, 0.1) is 0 Å². The van der Waals surface area contributed by atoms with Gasteiger partial charge in [0.05, 0.1) is 6.04 Å². The van der Waals surface area contributed by atoms with Gasteiger partial charge in [0, 0.05) is 17.2 Å². The summed E-state index contributed by atoms with van der Waals surface area (Å²) in [5.41, 5.74) is 2.05. The highest BCUT2D eigenvalue weighted by molar-refractivity contribution is 5.92. The molecule has 120 valence electrons. The molecule has 1 heterocycles. The van der Waals surface area contributed by atoms with Crippen molar-refractivity contribution in [2.45, 2.75) is 13.0 Å². The van der Waals surface area contributed by atoms with E-state index in [9.17, 15) is 9.59 Å². The predicted octanol–water partition coefficient (Wildman–Crippen LogP) is 3.42. The van der Waals surface area contributed by atoms with Crippen molar-refractivity contribution in [3.05, 3.63) is 88.2 Å². The number of carbonyl (C=O) groups excluding carboxylic acids is 1. The lowest BCUT2D eigenvalue weighted by Crippen LogP contribution is -2.24. The van der Waals surface area contributed by atoms with E-state index < -0.39 is 0 Å². The molecule has 1 atom stereocenters. The molecule has 0 aliphatic rings. The first-order chi connectivity index (χ1) is 11.6. The van der Waals surface area contributed by atoms with Gasteiger partial charge in [-0.05, 0) is 36.1 Å². The molecule has 3 rings (SSSR count). The SMILES string of the molecule is CC(NC(=O)/C=C/c1cc2ccccc2[nH]c1=O)c1ccccc1. The number of fused-ring (bicyclic) bond motifs is 1. The number of benzene rings is 2. The third-order valence-corrected chi connectivity index (χ3v) is 3.85. The quantitative estimate of drug-likeness (QED) is 0.724. The summed E-state index contributed by atoms with van der Waals surface area (Å²) in [4.78, 5) is 26.9. The molecular weight excluding hydrogens is 300 g/mol. The van der Waals surface area contributed by atoms with Crippen LogP contribution in [0.15, 0.2) is 71.5 Å². The van der Waals surface area contributed by atoms with Crippen molar-refractivity contribution in [1.29, 1.82) is 0 Å². The van der Waals surface area contributed by atoms with Gasteiger partial charge in [0.15, 0.2) is 0 Å². The van der Waals surface area contributed by atoms with E-state index in [1.54, 1.807) is 12.1 Å². The van der Waals surface area contributed by atoms with Crippen LogP contribution in [0.2, 0.25) is 0 Å². The Balaban J connectivity index is 1.74. The Morgan fingerprint density at radius 3 is 2.58 bits per heavy atom. The van der Waals surface area contributed by atoms with E-state index in [0.29, 0.717) is 5.56 Å². The predicted molar refractivity (Wildman–Crippen MR) is 96.6 cm³/mol. The van der Waals surface area contributed by atoms with Crippen LogP contribution in [0.3, 0.4) is 0 Å². The summed E-state index contributed by atoms with van der Waals surface area (Å²) in [5, 5.41) is 3.81. The summed E-state index contributed by atoms with van der Waals surface area (Å²) in [7, 11) is 0. The number of carbonyl (C=O) groups is 1. The summed E-state index contributed by atoms with van der Waals surface area (Å²) in [6.07, 6.45) is 2.93. The highest BCUT2D eigenvalue weighted by atomic mass is 16.1. The number of amides is 1. The van der Waals surface area contributed by atoms with Crippen LogP contribution in [-0.4, -0.2) is 10.9 Å². The molecule has 2 aromatic carbocycles. The van der Waals surface area contributed by atoms with Crippen molar-refractivity contribution in [2.75, 3.05) is 0 Å². The largest absolute Gasteiger partial charge is 0.346 e. The van der Waals surface area contributed by atoms with Crippen molar-refractivity contribution < 1.29 is 4.79 Å². The number of H-pyrrole nitrogens is 1. The van der Waals surface area contributed by atoms with Crippen LogP contribution in [-0.2, 0) is 4.79 Å². The Bertz CT molecular complexity index is 943. The first-order valence-corrected chi connectivity index (χ1v) is 7.79. The molecule has 0 fully saturated rings. The summed E-state index contributed by atoms with van der Waals surface area (Å²) in [5.74, 6) is -0.237. The van der Waals surface area contributed by atoms with Crippen LogP contribution in [0.5, 0.6) is 0 Å². The molecule has 0 spiro atoms. The highest BCUT2D eigenvalue weighted by Gasteiger charge is 2.07. The molecule has 1 amide bonds. The second-order valence-electron chi connectivity index (χ2n) is 5.62. The standard InChI is InChI=1S/C20H18N2O2/c1-14(15-7-3-2-4-8-15)21-19(23)12-11-17-13-16-9-5-6-10-18(16)22-20(17)24/h2-14H,1H3,(H,21,23)(H,22,24)/b12-11+. The smallest absolute Gasteiger partial charge is 0.255 e. The molecule has 4 nitrogen and oxygen atoms in total. The molecule has 3 aromatic rings. The monoisotopic (exact) mass is 318 g/mol. The van der Waals surface area contributed by atoms with Gasteiger partial charge in [-0.1, -0.05) is 48.5 Å². The molecule has 0 aliphatic carbocycles. The Labute approximate surface area is 139 Å². The Morgan fingerprint density at radius 2 is 1.79 bits per heavy atom. The number of aromatic amines is 1. The molecule has 1 aromatic heterocycles. The van der Waals surface area contributed by atoms with E-state index in [4.69, 9.17) is 0 Å².